The lowest BCUT2D eigenvalue weighted by Crippen LogP contribution is -2.30. The van der Waals surface area contributed by atoms with Crippen LogP contribution in [0.3, 0.4) is 0 Å². The number of hydrogen-bond donors (Lipinski definition) is 2. The first-order valence-corrected chi connectivity index (χ1v) is 7.55. The van der Waals surface area contributed by atoms with Crippen molar-refractivity contribution < 1.29 is 14.0 Å². The molecule has 0 aliphatic carbocycles. The largest absolute Gasteiger partial charge is 0.326 e. The van der Waals surface area contributed by atoms with E-state index in [1.165, 1.54) is 24.3 Å². The third-order valence-corrected chi connectivity index (χ3v) is 4.30. The minimum Gasteiger partial charge on any atom is -0.326 e. The third-order valence-electron chi connectivity index (χ3n) is 3.56. The zero-order valence-corrected chi connectivity index (χ0v) is 13.2. The lowest BCUT2D eigenvalue weighted by molar-refractivity contribution is -0.123. The van der Waals surface area contributed by atoms with Gasteiger partial charge in [0.1, 0.15) is 5.82 Å². The third kappa shape index (κ3) is 3.30. The molecule has 4 nitrogen and oxygen atoms in total. The Morgan fingerprint density at radius 1 is 1.17 bits per heavy atom. The molecule has 23 heavy (non-hydrogen) atoms. The number of hydrogen-bond acceptors (Lipinski definition) is 2. The van der Waals surface area contributed by atoms with E-state index in [1.807, 2.05) is 0 Å². The molecule has 2 aromatic carbocycles. The Morgan fingerprint density at radius 2 is 1.96 bits per heavy atom. The summed E-state index contributed by atoms with van der Waals surface area (Å²) in [5, 5.41) is 5.96. The van der Waals surface area contributed by atoms with E-state index in [-0.39, 0.29) is 18.2 Å². The van der Waals surface area contributed by atoms with Crippen molar-refractivity contribution in [3.8, 4) is 0 Å². The summed E-state index contributed by atoms with van der Waals surface area (Å²) < 4.78 is 13.3. The average Bonchev–Trinajstić information content (AvgIpc) is 2.49. The smallest absolute Gasteiger partial charge is 0.232 e. The fourth-order valence-corrected chi connectivity index (χ4v) is 2.77. The molecule has 7 heteroatoms. The van der Waals surface area contributed by atoms with Gasteiger partial charge in [-0.2, -0.15) is 0 Å². The molecule has 1 aliphatic rings. The number of anilines is 2. The van der Waals surface area contributed by atoms with Crippen LogP contribution in [-0.4, -0.2) is 11.8 Å². The molecule has 1 heterocycles. The normalized spacial score (nSPS) is 16.5. The molecular formula is C16H11Cl2FN2O2. The molecule has 0 unspecified atom stereocenters. The van der Waals surface area contributed by atoms with Gasteiger partial charge in [0.2, 0.25) is 11.8 Å². The SMILES string of the molecule is O=C1C[C@@H](C(=O)Nc2ccc(Cl)c(Cl)c2)c2ccc(F)cc2N1. The Labute approximate surface area is 141 Å². The first-order valence-electron chi connectivity index (χ1n) is 6.79. The molecule has 3 rings (SSSR count). The van der Waals surface area contributed by atoms with Gasteiger partial charge >= 0.3 is 0 Å². The molecule has 0 radical (unpaired) electrons. The maximum Gasteiger partial charge on any atom is 0.232 e. The number of carbonyl (C=O) groups excluding carboxylic acids is 2. The van der Waals surface area contributed by atoms with E-state index in [1.54, 1.807) is 12.1 Å². The molecule has 0 bridgehead atoms. The Morgan fingerprint density at radius 3 is 2.70 bits per heavy atom. The molecule has 118 valence electrons. The van der Waals surface area contributed by atoms with Gasteiger partial charge in [0, 0.05) is 17.8 Å². The van der Waals surface area contributed by atoms with Crippen LogP contribution in [0.15, 0.2) is 36.4 Å². The van der Waals surface area contributed by atoms with Crippen LogP contribution in [0.25, 0.3) is 0 Å². The summed E-state index contributed by atoms with van der Waals surface area (Å²) in [7, 11) is 0. The molecule has 1 aliphatic heterocycles. The molecule has 0 saturated carbocycles. The van der Waals surface area contributed by atoms with Crippen LogP contribution in [0.4, 0.5) is 15.8 Å². The Hall–Kier alpha value is -2.11. The molecule has 0 fully saturated rings. The number of rotatable bonds is 2. The molecule has 2 N–H and O–H groups in total. The van der Waals surface area contributed by atoms with Crippen molar-refractivity contribution in [2.24, 2.45) is 0 Å². The van der Waals surface area contributed by atoms with Gasteiger partial charge in [-0.25, -0.2) is 4.39 Å². The topological polar surface area (TPSA) is 58.2 Å². The molecule has 1 atom stereocenters. The van der Waals surface area contributed by atoms with Crippen LogP contribution < -0.4 is 10.6 Å². The second-order valence-electron chi connectivity index (χ2n) is 5.15. The Kier molecular flexibility index (Phi) is 4.24. The zero-order chi connectivity index (χ0) is 16.6. The predicted molar refractivity (Wildman–Crippen MR) is 87.5 cm³/mol. The lowest BCUT2D eigenvalue weighted by atomic mass is 9.89. The molecule has 0 saturated heterocycles. The van der Waals surface area contributed by atoms with Gasteiger partial charge in [-0.1, -0.05) is 29.3 Å². The van der Waals surface area contributed by atoms with Gasteiger partial charge in [-0.3, -0.25) is 9.59 Å². The van der Waals surface area contributed by atoms with E-state index in [0.717, 1.165) is 0 Å². The molecule has 0 aromatic heterocycles. The summed E-state index contributed by atoms with van der Waals surface area (Å²) in [6.45, 7) is 0. The highest BCUT2D eigenvalue weighted by atomic mass is 35.5. The number of fused-ring (bicyclic) bond motifs is 1. The van der Waals surface area contributed by atoms with Crippen molar-refractivity contribution in [1.29, 1.82) is 0 Å². The van der Waals surface area contributed by atoms with Crippen molar-refractivity contribution in [3.63, 3.8) is 0 Å². The van der Waals surface area contributed by atoms with Crippen molar-refractivity contribution in [2.45, 2.75) is 12.3 Å². The number of amides is 2. The van der Waals surface area contributed by atoms with Gasteiger partial charge in [0.25, 0.3) is 0 Å². The van der Waals surface area contributed by atoms with Gasteiger partial charge in [0.05, 0.1) is 16.0 Å². The maximum atomic E-state index is 13.3. The van der Waals surface area contributed by atoms with Crippen LogP contribution in [0.2, 0.25) is 10.0 Å². The highest BCUT2D eigenvalue weighted by Crippen LogP contribution is 2.34. The van der Waals surface area contributed by atoms with Gasteiger partial charge in [0.15, 0.2) is 0 Å². The predicted octanol–water partition coefficient (Wildman–Crippen LogP) is 4.20. The summed E-state index contributed by atoms with van der Waals surface area (Å²) in [5.41, 5.74) is 1.36. The summed E-state index contributed by atoms with van der Waals surface area (Å²) >= 11 is 11.7. The summed E-state index contributed by atoms with van der Waals surface area (Å²) in [4.78, 5) is 24.2. The highest BCUT2D eigenvalue weighted by Gasteiger charge is 2.31. The Balaban J connectivity index is 1.87. The average molecular weight is 353 g/mol. The summed E-state index contributed by atoms with van der Waals surface area (Å²) in [5.74, 6) is -1.88. The van der Waals surface area contributed by atoms with Gasteiger partial charge in [-0.05, 0) is 35.9 Å². The second kappa shape index (κ2) is 6.18. The van der Waals surface area contributed by atoms with E-state index in [9.17, 15) is 14.0 Å². The molecule has 2 aromatic rings. The number of nitrogens with one attached hydrogen (secondary N) is 2. The van der Waals surface area contributed by atoms with Crippen LogP contribution >= 0.6 is 23.2 Å². The standard InChI is InChI=1S/C16H11Cl2FN2O2/c17-12-4-2-9(6-13(12)18)20-16(23)11-7-15(22)21-14-5-8(19)1-3-10(11)14/h1-6,11H,7H2,(H,20,23)(H,21,22)/t11-/m1/s1. The molecule has 2 amide bonds. The van der Waals surface area contributed by atoms with E-state index in [2.05, 4.69) is 10.6 Å². The van der Waals surface area contributed by atoms with E-state index in [0.29, 0.717) is 27.0 Å². The second-order valence-corrected chi connectivity index (χ2v) is 5.97. The fraction of sp³-hybridized carbons (Fsp3) is 0.125. The number of carbonyl (C=O) groups is 2. The number of halogens is 3. The van der Waals surface area contributed by atoms with Crippen molar-refractivity contribution in [3.05, 3.63) is 57.8 Å². The van der Waals surface area contributed by atoms with Gasteiger partial charge in [-0.15, -0.1) is 0 Å². The summed E-state index contributed by atoms with van der Waals surface area (Å²) in [6, 6.07) is 8.66. The minimum absolute atomic E-state index is 0.00815. The highest BCUT2D eigenvalue weighted by molar-refractivity contribution is 6.42. The monoisotopic (exact) mass is 352 g/mol. The van der Waals surface area contributed by atoms with Gasteiger partial charge < -0.3 is 10.6 Å². The zero-order valence-electron chi connectivity index (χ0n) is 11.7. The van der Waals surface area contributed by atoms with Crippen LogP contribution in [-0.2, 0) is 9.59 Å². The van der Waals surface area contributed by atoms with Crippen LogP contribution in [0.5, 0.6) is 0 Å². The van der Waals surface area contributed by atoms with E-state index < -0.39 is 11.7 Å². The van der Waals surface area contributed by atoms with Crippen LogP contribution in [0, 0.1) is 5.82 Å². The Bertz CT molecular complexity index is 811. The quantitative estimate of drug-likeness (QED) is 0.850. The fourth-order valence-electron chi connectivity index (χ4n) is 2.47. The summed E-state index contributed by atoms with van der Waals surface area (Å²) in [6.07, 6.45) is -0.00815. The molecule has 0 spiro atoms. The lowest BCUT2D eigenvalue weighted by Gasteiger charge is -2.25. The van der Waals surface area contributed by atoms with Crippen molar-refractivity contribution in [2.75, 3.05) is 10.6 Å². The minimum atomic E-state index is -0.700. The van der Waals surface area contributed by atoms with Crippen molar-refractivity contribution in [1.82, 2.24) is 0 Å². The molecular weight excluding hydrogens is 342 g/mol. The van der Waals surface area contributed by atoms with Crippen molar-refractivity contribution >= 4 is 46.4 Å². The first-order chi connectivity index (χ1) is 10.9. The number of benzene rings is 2. The first kappa shape index (κ1) is 15.8. The van der Waals surface area contributed by atoms with E-state index in [4.69, 9.17) is 23.2 Å². The maximum absolute atomic E-state index is 13.3. The van der Waals surface area contributed by atoms with E-state index >= 15 is 0 Å². The van der Waals surface area contributed by atoms with Crippen LogP contribution in [0.1, 0.15) is 17.9 Å².